The number of nitrogens with zero attached hydrogens (tertiary/aromatic N) is 3. The lowest BCUT2D eigenvalue weighted by Crippen LogP contribution is -1.96. The summed E-state index contributed by atoms with van der Waals surface area (Å²) in [5.41, 5.74) is 0.887. The lowest BCUT2D eigenvalue weighted by Gasteiger charge is -2.10. The van der Waals surface area contributed by atoms with Gasteiger partial charge < -0.3 is 9.47 Å². The van der Waals surface area contributed by atoms with Crippen molar-refractivity contribution in [2.75, 3.05) is 14.2 Å². The van der Waals surface area contributed by atoms with Gasteiger partial charge in [-0.2, -0.15) is 10.5 Å². The molecule has 0 spiro atoms. The minimum atomic E-state index is -0.158. The predicted molar refractivity (Wildman–Crippen MR) is 78.5 cm³/mol. The summed E-state index contributed by atoms with van der Waals surface area (Å²) in [5, 5.41) is 18.9. The summed E-state index contributed by atoms with van der Waals surface area (Å²) in [6, 6.07) is 10.6. The van der Waals surface area contributed by atoms with Crippen LogP contribution in [0.1, 0.15) is 5.56 Å². The lowest BCUT2D eigenvalue weighted by molar-refractivity contribution is 0.369. The molecule has 0 aliphatic heterocycles. The molecule has 104 valence electrons. The minimum Gasteiger partial charge on any atom is -0.497 e. The van der Waals surface area contributed by atoms with Gasteiger partial charge in [0.15, 0.2) is 11.3 Å². The molecule has 0 N–H and O–H groups in total. The summed E-state index contributed by atoms with van der Waals surface area (Å²) in [5.74, 6) is 0.770. The highest BCUT2D eigenvalue weighted by Crippen LogP contribution is 2.30. The summed E-state index contributed by atoms with van der Waals surface area (Å²) in [6.07, 6.45) is 0. The van der Waals surface area contributed by atoms with E-state index >= 15 is 0 Å². The molecule has 0 atom stereocenters. The van der Waals surface area contributed by atoms with E-state index in [4.69, 9.17) is 31.6 Å². The fraction of sp³-hybridized carbons (Fsp3) is 0.133. The van der Waals surface area contributed by atoms with E-state index in [-0.39, 0.29) is 16.5 Å². The zero-order chi connectivity index (χ0) is 15.4. The average molecular weight is 300 g/mol. The van der Waals surface area contributed by atoms with Crippen molar-refractivity contribution in [3.8, 4) is 17.9 Å². The molecule has 1 heterocycles. The fourth-order valence-electron chi connectivity index (χ4n) is 1.88. The van der Waals surface area contributed by atoms with Crippen molar-refractivity contribution in [2.24, 2.45) is 0 Å². The molecule has 0 unspecified atom stereocenters. The summed E-state index contributed by atoms with van der Waals surface area (Å²) in [6.45, 7) is 0. The van der Waals surface area contributed by atoms with E-state index < -0.39 is 0 Å². The summed E-state index contributed by atoms with van der Waals surface area (Å²) in [4.78, 5) is 4.26. The van der Waals surface area contributed by atoms with Crippen molar-refractivity contribution < 1.29 is 9.47 Å². The van der Waals surface area contributed by atoms with Crippen molar-refractivity contribution in [2.45, 2.75) is 0 Å². The molecule has 0 aliphatic rings. The molecule has 0 bridgehead atoms. The molecule has 1 aromatic carbocycles. The van der Waals surface area contributed by atoms with Crippen LogP contribution in [0.5, 0.6) is 5.75 Å². The van der Waals surface area contributed by atoms with Crippen LogP contribution in [0, 0.1) is 22.7 Å². The average Bonchev–Trinajstić information content (AvgIpc) is 2.51. The maximum Gasteiger partial charge on any atom is 0.172 e. The number of methoxy groups -OCH3 is 2. The molecule has 2 rings (SSSR count). The maximum absolute atomic E-state index is 8.97. The number of fused-ring (bicyclic) bond motifs is 1. The van der Waals surface area contributed by atoms with Gasteiger partial charge in [-0.25, -0.2) is 4.98 Å². The number of nitriles is 2. The third-order valence-electron chi connectivity index (χ3n) is 2.88. The molecular formula is C15H10ClN3O2. The number of rotatable bonds is 3. The molecule has 0 saturated heterocycles. The molecule has 6 heteroatoms. The van der Waals surface area contributed by atoms with Gasteiger partial charge in [0.05, 0.1) is 25.3 Å². The number of pyridine rings is 1. The molecule has 0 saturated carbocycles. The van der Waals surface area contributed by atoms with Gasteiger partial charge in [-0.1, -0.05) is 11.6 Å². The number of allylic oxidation sites excluding steroid dienone is 1. The number of ether oxygens (including phenoxy) is 2. The zero-order valence-electron chi connectivity index (χ0n) is 11.3. The fourth-order valence-corrected chi connectivity index (χ4v) is 2.11. The van der Waals surface area contributed by atoms with Crippen LogP contribution in [0.15, 0.2) is 29.8 Å². The molecule has 2 aromatic rings. The van der Waals surface area contributed by atoms with Crippen LogP contribution >= 0.6 is 11.6 Å². The van der Waals surface area contributed by atoms with E-state index in [1.165, 1.54) is 7.11 Å². The third-order valence-corrected chi connectivity index (χ3v) is 3.17. The number of aromatic nitrogens is 1. The molecule has 0 fully saturated rings. The SMILES string of the molecule is COC(=C(C#N)C#N)c1cc2ccc(OC)cc2nc1Cl. The van der Waals surface area contributed by atoms with Crippen molar-refractivity contribution in [3.05, 3.63) is 40.6 Å². The van der Waals surface area contributed by atoms with Gasteiger partial charge in [0.1, 0.15) is 23.0 Å². The second kappa shape index (κ2) is 6.13. The Morgan fingerprint density at radius 3 is 2.48 bits per heavy atom. The van der Waals surface area contributed by atoms with Crippen LogP contribution in [0.25, 0.3) is 16.7 Å². The summed E-state index contributed by atoms with van der Waals surface area (Å²) < 4.78 is 10.3. The van der Waals surface area contributed by atoms with Gasteiger partial charge in [0.2, 0.25) is 0 Å². The highest BCUT2D eigenvalue weighted by Gasteiger charge is 2.15. The van der Waals surface area contributed by atoms with E-state index in [9.17, 15) is 0 Å². The van der Waals surface area contributed by atoms with E-state index in [1.807, 2.05) is 6.07 Å². The predicted octanol–water partition coefficient (Wildman–Crippen LogP) is 3.30. The monoisotopic (exact) mass is 299 g/mol. The van der Waals surface area contributed by atoms with E-state index in [0.29, 0.717) is 16.8 Å². The zero-order valence-corrected chi connectivity index (χ0v) is 12.1. The van der Waals surface area contributed by atoms with Gasteiger partial charge in [0.25, 0.3) is 0 Å². The van der Waals surface area contributed by atoms with Crippen LogP contribution in [0.3, 0.4) is 0 Å². The number of halogens is 1. The second-order valence-electron chi connectivity index (χ2n) is 4.02. The Kier molecular flexibility index (Phi) is 4.27. The Balaban J connectivity index is 2.72. The molecule has 21 heavy (non-hydrogen) atoms. The highest BCUT2D eigenvalue weighted by atomic mass is 35.5. The van der Waals surface area contributed by atoms with Crippen LogP contribution in [0.4, 0.5) is 0 Å². The quantitative estimate of drug-likeness (QED) is 0.493. The maximum atomic E-state index is 8.97. The van der Waals surface area contributed by atoms with Gasteiger partial charge in [-0.05, 0) is 18.2 Å². The van der Waals surface area contributed by atoms with Crippen molar-refractivity contribution >= 4 is 28.3 Å². The Morgan fingerprint density at radius 1 is 1.19 bits per heavy atom. The van der Waals surface area contributed by atoms with Crippen LogP contribution < -0.4 is 4.74 Å². The van der Waals surface area contributed by atoms with Crippen LogP contribution in [-0.4, -0.2) is 19.2 Å². The summed E-state index contributed by atoms with van der Waals surface area (Å²) in [7, 11) is 2.94. The van der Waals surface area contributed by atoms with E-state index in [0.717, 1.165) is 5.39 Å². The van der Waals surface area contributed by atoms with Crippen molar-refractivity contribution in [1.29, 1.82) is 10.5 Å². The number of hydrogen-bond donors (Lipinski definition) is 0. The van der Waals surface area contributed by atoms with Gasteiger partial charge >= 0.3 is 0 Å². The molecule has 0 amide bonds. The normalized spacial score (nSPS) is 9.57. The Hall–Kier alpha value is -2.76. The first-order valence-corrected chi connectivity index (χ1v) is 6.25. The lowest BCUT2D eigenvalue weighted by atomic mass is 10.1. The van der Waals surface area contributed by atoms with E-state index in [1.54, 1.807) is 37.4 Å². The topological polar surface area (TPSA) is 78.9 Å². The van der Waals surface area contributed by atoms with Gasteiger partial charge in [0, 0.05) is 11.5 Å². The molecule has 0 aliphatic carbocycles. The van der Waals surface area contributed by atoms with Gasteiger partial charge in [-0.15, -0.1) is 0 Å². The van der Waals surface area contributed by atoms with Crippen LogP contribution in [0.2, 0.25) is 5.15 Å². The Morgan fingerprint density at radius 2 is 1.90 bits per heavy atom. The Labute approximate surface area is 126 Å². The van der Waals surface area contributed by atoms with E-state index in [2.05, 4.69) is 4.98 Å². The Bertz CT molecular complexity index is 800. The largest absolute Gasteiger partial charge is 0.497 e. The smallest absolute Gasteiger partial charge is 0.172 e. The minimum absolute atomic E-state index is 0.107. The van der Waals surface area contributed by atoms with Crippen LogP contribution in [-0.2, 0) is 4.74 Å². The number of benzene rings is 1. The third kappa shape index (κ3) is 2.74. The molecular weight excluding hydrogens is 290 g/mol. The molecule has 0 radical (unpaired) electrons. The standard InChI is InChI=1S/C15H10ClN3O2/c1-20-11-4-3-9-5-12(15(16)19-13(9)6-11)14(21-2)10(7-17)8-18/h3-6H,1-2H3. The second-order valence-corrected chi connectivity index (χ2v) is 4.38. The van der Waals surface area contributed by atoms with Gasteiger partial charge in [-0.3, -0.25) is 0 Å². The molecule has 1 aromatic heterocycles. The van der Waals surface area contributed by atoms with Crippen molar-refractivity contribution in [1.82, 2.24) is 4.98 Å². The first-order chi connectivity index (χ1) is 10.1. The van der Waals surface area contributed by atoms with Crippen molar-refractivity contribution in [3.63, 3.8) is 0 Å². The first-order valence-electron chi connectivity index (χ1n) is 5.87. The molecule has 5 nitrogen and oxygen atoms in total. The summed E-state index contributed by atoms with van der Waals surface area (Å²) >= 11 is 6.15. The first kappa shape index (κ1) is 14.6. The number of hydrogen-bond acceptors (Lipinski definition) is 5. The highest BCUT2D eigenvalue weighted by molar-refractivity contribution is 6.31.